The summed E-state index contributed by atoms with van der Waals surface area (Å²) in [5, 5.41) is 3.42. The van der Waals surface area contributed by atoms with Gasteiger partial charge >= 0.3 is 5.97 Å². The standard InChI is InChI=1S/C14H21N3O2/c1-4-10-5-6-11(9(10)2)16-12-7-8-15-13(17-12)14(18)19-3/h7-11H,4-6H2,1-3H3,(H,15,16,17). The molecule has 1 heterocycles. The van der Waals surface area contributed by atoms with Gasteiger partial charge in [0.1, 0.15) is 5.82 Å². The van der Waals surface area contributed by atoms with Crippen molar-refractivity contribution in [3.63, 3.8) is 0 Å². The topological polar surface area (TPSA) is 64.1 Å². The maximum atomic E-state index is 11.4. The fourth-order valence-electron chi connectivity index (χ4n) is 2.85. The van der Waals surface area contributed by atoms with Crippen LogP contribution in [0.2, 0.25) is 0 Å². The second-order valence-corrected chi connectivity index (χ2v) is 5.11. The van der Waals surface area contributed by atoms with Crippen molar-refractivity contribution in [1.29, 1.82) is 0 Å². The van der Waals surface area contributed by atoms with Gasteiger partial charge in [0, 0.05) is 12.2 Å². The lowest BCUT2D eigenvalue weighted by Crippen LogP contribution is -2.25. The van der Waals surface area contributed by atoms with E-state index in [9.17, 15) is 4.79 Å². The molecule has 1 aliphatic carbocycles. The van der Waals surface area contributed by atoms with Crippen molar-refractivity contribution in [3.05, 3.63) is 18.1 Å². The first-order chi connectivity index (χ1) is 9.15. The Hall–Kier alpha value is -1.65. The summed E-state index contributed by atoms with van der Waals surface area (Å²) in [7, 11) is 1.33. The molecule has 1 saturated carbocycles. The molecule has 19 heavy (non-hydrogen) atoms. The summed E-state index contributed by atoms with van der Waals surface area (Å²) in [5.41, 5.74) is 0. The molecule has 1 aliphatic rings. The largest absolute Gasteiger partial charge is 0.463 e. The van der Waals surface area contributed by atoms with Gasteiger partial charge in [0.2, 0.25) is 5.82 Å². The first kappa shape index (κ1) is 13.8. The zero-order valence-corrected chi connectivity index (χ0v) is 11.7. The second-order valence-electron chi connectivity index (χ2n) is 5.11. The van der Waals surface area contributed by atoms with Crippen molar-refractivity contribution in [2.24, 2.45) is 11.8 Å². The molecule has 5 nitrogen and oxygen atoms in total. The molecule has 0 spiro atoms. The molecule has 0 aromatic carbocycles. The highest BCUT2D eigenvalue weighted by Crippen LogP contribution is 2.35. The van der Waals surface area contributed by atoms with E-state index in [0.29, 0.717) is 17.8 Å². The van der Waals surface area contributed by atoms with Crippen LogP contribution in [0.25, 0.3) is 0 Å². The van der Waals surface area contributed by atoms with Crippen LogP contribution in [0.3, 0.4) is 0 Å². The zero-order chi connectivity index (χ0) is 13.8. The predicted octanol–water partition coefficient (Wildman–Crippen LogP) is 2.50. The van der Waals surface area contributed by atoms with Crippen LogP contribution in [-0.2, 0) is 4.74 Å². The lowest BCUT2D eigenvalue weighted by Gasteiger charge is -2.21. The van der Waals surface area contributed by atoms with Gasteiger partial charge < -0.3 is 10.1 Å². The number of rotatable bonds is 4. The van der Waals surface area contributed by atoms with Crippen molar-refractivity contribution in [2.45, 2.75) is 39.2 Å². The van der Waals surface area contributed by atoms with Gasteiger partial charge in [0.15, 0.2) is 0 Å². The zero-order valence-electron chi connectivity index (χ0n) is 11.7. The molecule has 3 atom stereocenters. The van der Waals surface area contributed by atoms with Crippen molar-refractivity contribution < 1.29 is 9.53 Å². The number of ether oxygens (including phenoxy) is 1. The molecule has 5 heteroatoms. The van der Waals surface area contributed by atoms with Gasteiger partial charge in [-0.1, -0.05) is 20.3 Å². The summed E-state index contributed by atoms with van der Waals surface area (Å²) >= 11 is 0. The molecular formula is C14H21N3O2. The SMILES string of the molecule is CCC1CCC(Nc2ccnc(C(=O)OC)n2)C1C. The monoisotopic (exact) mass is 263 g/mol. The molecule has 0 radical (unpaired) electrons. The van der Waals surface area contributed by atoms with E-state index < -0.39 is 5.97 Å². The highest BCUT2D eigenvalue weighted by Gasteiger charge is 2.31. The number of aromatic nitrogens is 2. The van der Waals surface area contributed by atoms with Gasteiger partial charge in [-0.15, -0.1) is 0 Å². The van der Waals surface area contributed by atoms with Gasteiger partial charge in [0.05, 0.1) is 7.11 Å². The number of anilines is 1. The Labute approximate surface area is 113 Å². The number of carbonyl (C=O) groups excluding carboxylic acids is 1. The van der Waals surface area contributed by atoms with E-state index in [1.54, 1.807) is 12.3 Å². The van der Waals surface area contributed by atoms with Crippen LogP contribution >= 0.6 is 0 Å². The molecule has 0 amide bonds. The fraction of sp³-hybridized carbons (Fsp3) is 0.643. The third kappa shape index (κ3) is 3.03. The maximum absolute atomic E-state index is 11.4. The summed E-state index contributed by atoms with van der Waals surface area (Å²) in [6.07, 6.45) is 5.20. The molecular weight excluding hydrogens is 242 g/mol. The average molecular weight is 263 g/mol. The van der Waals surface area contributed by atoms with Crippen molar-refractivity contribution in [2.75, 3.05) is 12.4 Å². The summed E-state index contributed by atoms with van der Waals surface area (Å²) in [5.74, 6) is 1.70. The van der Waals surface area contributed by atoms with Crippen LogP contribution in [-0.4, -0.2) is 29.1 Å². The van der Waals surface area contributed by atoms with E-state index in [1.165, 1.54) is 20.0 Å². The Morgan fingerprint density at radius 1 is 1.53 bits per heavy atom. The highest BCUT2D eigenvalue weighted by atomic mass is 16.5. The summed E-state index contributed by atoms with van der Waals surface area (Å²) in [4.78, 5) is 19.5. The minimum Gasteiger partial charge on any atom is -0.463 e. The van der Waals surface area contributed by atoms with E-state index in [0.717, 1.165) is 12.3 Å². The quantitative estimate of drug-likeness (QED) is 0.845. The van der Waals surface area contributed by atoms with Crippen LogP contribution in [0, 0.1) is 11.8 Å². The van der Waals surface area contributed by atoms with Crippen LogP contribution in [0.5, 0.6) is 0 Å². The summed E-state index contributed by atoms with van der Waals surface area (Å²) in [6, 6.07) is 2.21. The molecule has 104 valence electrons. The van der Waals surface area contributed by atoms with Gasteiger partial charge in [-0.2, -0.15) is 0 Å². The molecule has 2 rings (SSSR count). The van der Waals surface area contributed by atoms with Crippen molar-refractivity contribution in [3.8, 4) is 0 Å². The molecule has 3 unspecified atom stereocenters. The Morgan fingerprint density at radius 3 is 2.95 bits per heavy atom. The van der Waals surface area contributed by atoms with E-state index in [2.05, 4.69) is 33.9 Å². The number of carbonyl (C=O) groups is 1. The van der Waals surface area contributed by atoms with E-state index in [4.69, 9.17) is 0 Å². The highest BCUT2D eigenvalue weighted by molar-refractivity contribution is 5.85. The minimum absolute atomic E-state index is 0.102. The van der Waals surface area contributed by atoms with E-state index in [1.807, 2.05) is 0 Å². The number of nitrogens with zero attached hydrogens (tertiary/aromatic N) is 2. The van der Waals surface area contributed by atoms with Gasteiger partial charge in [-0.3, -0.25) is 0 Å². The lowest BCUT2D eigenvalue weighted by molar-refractivity contribution is 0.0587. The van der Waals surface area contributed by atoms with Crippen LogP contribution < -0.4 is 5.32 Å². The Kier molecular flexibility index (Phi) is 4.35. The van der Waals surface area contributed by atoms with E-state index >= 15 is 0 Å². The molecule has 1 aromatic heterocycles. The van der Waals surface area contributed by atoms with Gasteiger partial charge in [-0.25, -0.2) is 14.8 Å². The molecule has 0 saturated heterocycles. The number of nitrogens with one attached hydrogen (secondary N) is 1. The smallest absolute Gasteiger partial charge is 0.376 e. The fourth-order valence-corrected chi connectivity index (χ4v) is 2.85. The molecule has 1 aromatic rings. The number of esters is 1. The van der Waals surface area contributed by atoms with Crippen LogP contribution in [0.4, 0.5) is 5.82 Å². The Balaban J connectivity index is 2.05. The number of hydrogen-bond acceptors (Lipinski definition) is 5. The molecule has 0 bridgehead atoms. The summed E-state index contributed by atoms with van der Waals surface area (Å²) in [6.45, 7) is 4.52. The summed E-state index contributed by atoms with van der Waals surface area (Å²) < 4.78 is 4.63. The lowest BCUT2D eigenvalue weighted by atomic mass is 9.93. The second kappa shape index (κ2) is 5.99. The third-order valence-corrected chi connectivity index (χ3v) is 4.11. The Bertz CT molecular complexity index is 450. The van der Waals surface area contributed by atoms with Crippen molar-refractivity contribution >= 4 is 11.8 Å². The predicted molar refractivity (Wildman–Crippen MR) is 73.0 cm³/mol. The van der Waals surface area contributed by atoms with Gasteiger partial charge in [0.25, 0.3) is 0 Å². The molecule has 1 N–H and O–H groups in total. The molecule has 0 aliphatic heterocycles. The number of methoxy groups -OCH3 is 1. The first-order valence-corrected chi connectivity index (χ1v) is 6.83. The first-order valence-electron chi connectivity index (χ1n) is 6.83. The maximum Gasteiger partial charge on any atom is 0.376 e. The van der Waals surface area contributed by atoms with Crippen LogP contribution in [0.15, 0.2) is 12.3 Å². The normalized spacial score (nSPS) is 26.2. The third-order valence-electron chi connectivity index (χ3n) is 4.11. The minimum atomic E-state index is -0.505. The van der Waals surface area contributed by atoms with Crippen LogP contribution in [0.1, 0.15) is 43.7 Å². The number of hydrogen-bond donors (Lipinski definition) is 1. The van der Waals surface area contributed by atoms with Gasteiger partial charge in [-0.05, 0) is 30.7 Å². The average Bonchev–Trinajstić information content (AvgIpc) is 2.79. The van der Waals surface area contributed by atoms with E-state index in [-0.39, 0.29) is 5.82 Å². The Morgan fingerprint density at radius 2 is 2.32 bits per heavy atom. The molecule has 1 fully saturated rings. The van der Waals surface area contributed by atoms with Crippen molar-refractivity contribution in [1.82, 2.24) is 9.97 Å².